The summed E-state index contributed by atoms with van der Waals surface area (Å²) in [5.74, 6) is 2.07. The molecule has 8 aromatic carbocycles. The molecule has 0 amide bonds. The standard InChI is InChI=1S/C59H43N4O2.Pt/c1-38-31-57-60-36-52(38)40-23-26-44(27-24-40)64-45-17-10-15-41(32-45)49-20-12-19-48(39-13-6-5-7-14-39)58(49)62-37-61(54-21-8-9-22-55(54)62)43-16-11-18-46(34-43)65-47-28-29-50-51-33-42(59(2,3)4)25-30-53(51)63(57)56(50)35-47;/h5-33,36-37H,1-4H3;/q-3;/i1D3,25D,30D,33D;. The molecule has 12 bridgehead atoms. The number of hydrogen-bond donors (Lipinski definition) is 0. The van der Waals surface area contributed by atoms with Gasteiger partial charge in [0.15, 0.2) is 0 Å². The third-order valence-corrected chi connectivity index (χ3v) is 12.0. The van der Waals surface area contributed by atoms with Crippen molar-refractivity contribution >= 4 is 44.6 Å². The second-order valence-corrected chi connectivity index (χ2v) is 17.3. The van der Waals surface area contributed by atoms with E-state index < -0.39 is 12.3 Å². The summed E-state index contributed by atoms with van der Waals surface area (Å²) in [6, 6.07) is 57.9. The number of aromatic nitrogens is 2. The quantitative estimate of drug-likeness (QED) is 0.153. The van der Waals surface area contributed by atoms with Crippen LogP contribution in [0.1, 0.15) is 40.1 Å². The van der Waals surface area contributed by atoms with Crippen LogP contribution in [0.2, 0.25) is 0 Å². The molecule has 0 spiro atoms. The Kier molecular flexibility index (Phi) is 8.59. The minimum atomic E-state index is -2.59. The zero-order chi connectivity index (χ0) is 48.9. The Hall–Kier alpha value is -7.40. The van der Waals surface area contributed by atoms with Crippen LogP contribution in [0.5, 0.6) is 23.0 Å². The molecule has 324 valence electrons. The second-order valence-electron chi connectivity index (χ2n) is 17.3. The predicted octanol–water partition coefficient (Wildman–Crippen LogP) is 15.7. The molecule has 66 heavy (non-hydrogen) atoms. The topological polar surface area (TPSA) is 42.8 Å². The summed E-state index contributed by atoms with van der Waals surface area (Å²) in [6.45, 7) is 5.28. The van der Waals surface area contributed by atoms with Gasteiger partial charge >= 0.3 is 0 Å². The summed E-state index contributed by atoms with van der Waals surface area (Å²) in [7, 11) is 0. The Morgan fingerprint density at radius 2 is 1.33 bits per heavy atom. The molecule has 0 fully saturated rings. The molecule has 0 N–H and O–H groups in total. The molecule has 4 aliphatic heterocycles. The van der Waals surface area contributed by atoms with E-state index in [9.17, 15) is 4.11 Å². The predicted molar refractivity (Wildman–Crippen MR) is 264 cm³/mol. The van der Waals surface area contributed by atoms with Crippen LogP contribution in [-0.4, -0.2) is 9.55 Å². The first-order valence-electron chi connectivity index (χ1n) is 24.5. The molecular formula is C59H43N4O2Pt-3. The fourth-order valence-electron chi connectivity index (χ4n) is 8.86. The van der Waals surface area contributed by atoms with E-state index in [0.717, 1.165) is 45.0 Å². The number of nitrogens with zero attached hydrogens (tertiary/aromatic N) is 4. The number of benzene rings is 8. The van der Waals surface area contributed by atoms with Crippen LogP contribution < -0.4 is 19.3 Å². The van der Waals surface area contributed by atoms with Gasteiger partial charge in [-0.2, -0.15) is 12.1 Å². The Morgan fingerprint density at radius 3 is 2.14 bits per heavy atom. The van der Waals surface area contributed by atoms with E-state index in [-0.39, 0.29) is 56.1 Å². The van der Waals surface area contributed by atoms with Crippen molar-refractivity contribution in [2.75, 3.05) is 9.80 Å². The van der Waals surface area contributed by atoms with E-state index >= 15 is 0 Å². The molecule has 6 nitrogen and oxygen atoms in total. The summed E-state index contributed by atoms with van der Waals surface area (Å²) < 4.78 is 69.5. The van der Waals surface area contributed by atoms with Gasteiger partial charge in [-0.15, -0.1) is 48.1 Å². The van der Waals surface area contributed by atoms with Crippen molar-refractivity contribution in [2.45, 2.75) is 33.0 Å². The monoisotopic (exact) mass is 1040 g/mol. The molecule has 0 aliphatic carbocycles. The molecule has 10 aromatic rings. The van der Waals surface area contributed by atoms with Crippen molar-refractivity contribution in [2.24, 2.45) is 0 Å². The van der Waals surface area contributed by atoms with Gasteiger partial charge < -0.3 is 23.8 Å². The molecule has 14 rings (SSSR count). The summed E-state index contributed by atoms with van der Waals surface area (Å²) in [5.41, 5.74) is 9.07. The Labute approximate surface area is 408 Å². The molecule has 0 atom stereocenters. The number of hydrogen-bond acceptors (Lipinski definition) is 5. The zero-order valence-electron chi connectivity index (χ0n) is 42.1. The van der Waals surface area contributed by atoms with Crippen molar-refractivity contribution < 1.29 is 38.8 Å². The molecule has 4 aliphatic rings. The van der Waals surface area contributed by atoms with E-state index in [4.69, 9.17) is 18.6 Å². The van der Waals surface area contributed by atoms with Crippen molar-refractivity contribution in [3.63, 3.8) is 0 Å². The zero-order valence-corrected chi connectivity index (χ0v) is 38.4. The average molecular weight is 1040 g/mol. The maximum absolute atomic E-state index is 9.59. The fourth-order valence-corrected chi connectivity index (χ4v) is 8.86. The molecule has 6 heterocycles. The van der Waals surface area contributed by atoms with Crippen molar-refractivity contribution in [3.8, 4) is 62.2 Å². The Morgan fingerprint density at radius 1 is 0.621 bits per heavy atom. The third kappa shape index (κ3) is 7.13. The van der Waals surface area contributed by atoms with Crippen LogP contribution >= 0.6 is 0 Å². The van der Waals surface area contributed by atoms with Gasteiger partial charge in [0, 0.05) is 82.1 Å². The average Bonchev–Trinajstić information content (AvgIpc) is 3.92. The van der Waals surface area contributed by atoms with Crippen molar-refractivity contribution in [1.29, 1.82) is 0 Å². The first kappa shape index (κ1) is 34.9. The maximum Gasteiger partial charge on any atom is 0.135 e. The molecule has 0 radical (unpaired) electrons. The molecule has 0 unspecified atom stereocenters. The molecule has 7 heteroatoms. The van der Waals surface area contributed by atoms with Crippen LogP contribution in [0.3, 0.4) is 0 Å². The molecule has 0 saturated carbocycles. The number of para-hydroxylation sites is 3. The molecule has 0 saturated heterocycles. The summed E-state index contributed by atoms with van der Waals surface area (Å²) in [6.07, 6.45) is 1.53. The largest absolute Gasteiger partial charge is 0.509 e. The number of rotatable bonds is 1. The van der Waals surface area contributed by atoms with Crippen molar-refractivity contribution in [3.05, 3.63) is 212 Å². The number of anilines is 4. The number of fused-ring (bicyclic) bond motifs is 5. The van der Waals surface area contributed by atoms with Crippen LogP contribution in [0.4, 0.5) is 22.7 Å². The van der Waals surface area contributed by atoms with Gasteiger partial charge in [-0.05, 0) is 94.0 Å². The third-order valence-electron chi connectivity index (χ3n) is 12.0. The molecule has 2 aromatic heterocycles. The Balaban J connectivity index is 0.00000560. The van der Waals surface area contributed by atoms with Gasteiger partial charge in [-0.25, -0.2) is 4.98 Å². The van der Waals surface area contributed by atoms with E-state index in [1.54, 1.807) is 10.6 Å². The summed E-state index contributed by atoms with van der Waals surface area (Å²) >= 11 is 0. The normalized spacial score (nSPS) is 14.3. The minimum absolute atomic E-state index is 0. The summed E-state index contributed by atoms with van der Waals surface area (Å²) in [4.78, 5) is 9.21. The van der Waals surface area contributed by atoms with Crippen LogP contribution in [0.15, 0.2) is 182 Å². The van der Waals surface area contributed by atoms with Gasteiger partial charge in [0.1, 0.15) is 17.3 Å². The Bertz CT molecular complexity index is 3780. The number of aryl methyl sites for hydroxylation is 1. The SMILES string of the molecule is [2H]c1c(C(C)(C)C)c([2H])c2c3ccc4[c-]c3n(c2c1[2H])-c1cc(C([2H])([2H])[2H])c(cn1)-c1ccc(cc1)Oc1cccc(c1)-c1cccc(-c2ccccc2)c1N1[CH-]N(c2[c-]c(ccc2)O4)c2ccccc21.[Pt]. The van der Waals surface area contributed by atoms with Gasteiger partial charge in [-0.1, -0.05) is 123 Å². The van der Waals surface area contributed by atoms with Crippen LogP contribution in [-0.2, 0) is 26.5 Å². The minimum Gasteiger partial charge on any atom is -0.509 e. The van der Waals surface area contributed by atoms with E-state index in [2.05, 4.69) is 77.1 Å². The van der Waals surface area contributed by atoms with Gasteiger partial charge in [0.2, 0.25) is 0 Å². The van der Waals surface area contributed by atoms with E-state index in [1.165, 1.54) is 12.3 Å². The summed E-state index contributed by atoms with van der Waals surface area (Å²) in [5, 5.41) is 1.01. The van der Waals surface area contributed by atoms with E-state index in [0.29, 0.717) is 56.0 Å². The van der Waals surface area contributed by atoms with Gasteiger partial charge in [0.05, 0.1) is 4.11 Å². The number of pyridine rings is 1. The van der Waals surface area contributed by atoms with Crippen LogP contribution in [0, 0.1) is 25.7 Å². The fraction of sp³-hybridized carbons (Fsp3) is 0.0847. The maximum atomic E-state index is 9.59. The first-order chi connectivity index (χ1) is 34.2. The smallest absolute Gasteiger partial charge is 0.135 e. The second kappa shape index (κ2) is 16.2. The van der Waals surface area contributed by atoms with Gasteiger partial charge in [-0.3, -0.25) is 0 Å². The first-order valence-corrected chi connectivity index (χ1v) is 21.5. The number of ether oxygens (including phenoxy) is 2. The molecular weight excluding hydrogens is 992 g/mol. The van der Waals surface area contributed by atoms with Crippen molar-refractivity contribution in [1.82, 2.24) is 9.55 Å². The van der Waals surface area contributed by atoms with E-state index in [1.807, 2.05) is 118 Å². The van der Waals surface area contributed by atoms with Gasteiger partial charge in [0.25, 0.3) is 0 Å². The van der Waals surface area contributed by atoms with Crippen LogP contribution in [0.25, 0.3) is 61.0 Å².